The molecule has 4 nitrogen and oxygen atoms in total. The Morgan fingerprint density at radius 1 is 1.26 bits per heavy atom. The molecule has 0 atom stereocenters. The summed E-state index contributed by atoms with van der Waals surface area (Å²) in [7, 11) is 0. The molecule has 1 aromatic heterocycles. The van der Waals surface area contributed by atoms with Gasteiger partial charge in [-0.2, -0.15) is 5.10 Å². The summed E-state index contributed by atoms with van der Waals surface area (Å²) < 4.78 is 0. The summed E-state index contributed by atoms with van der Waals surface area (Å²) >= 11 is 0. The molecule has 0 spiro atoms. The Kier molecular flexibility index (Phi) is 3.31. The number of aromatic nitrogens is 2. The van der Waals surface area contributed by atoms with Gasteiger partial charge in [0, 0.05) is 18.3 Å². The summed E-state index contributed by atoms with van der Waals surface area (Å²) in [4.78, 5) is 11.9. The molecule has 1 amide bonds. The van der Waals surface area contributed by atoms with Gasteiger partial charge < -0.3 is 5.32 Å². The number of H-pyrrole nitrogens is 1. The Balaban J connectivity index is 1.57. The van der Waals surface area contributed by atoms with Crippen LogP contribution >= 0.6 is 0 Å². The highest BCUT2D eigenvalue weighted by molar-refractivity contribution is 5.78. The molecule has 1 heterocycles. The fourth-order valence-electron chi connectivity index (χ4n) is 2.56. The van der Waals surface area contributed by atoms with Crippen LogP contribution < -0.4 is 5.32 Å². The molecule has 0 saturated heterocycles. The number of aromatic amines is 1. The number of nitrogens with one attached hydrogen (secondary N) is 2. The van der Waals surface area contributed by atoms with Crippen LogP contribution in [0.4, 0.5) is 0 Å². The Bertz CT molecular complexity index is 575. The van der Waals surface area contributed by atoms with Crippen molar-refractivity contribution in [1.82, 2.24) is 15.5 Å². The van der Waals surface area contributed by atoms with Gasteiger partial charge in [0.15, 0.2) is 0 Å². The topological polar surface area (TPSA) is 57.8 Å². The first-order valence-electron chi connectivity index (χ1n) is 6.66. The van der Waals surface area contributed by atoms with Crippen molar-refractivity contribution in [1.29, 1.82) is 0 Å². The molecule has 1 aliphatic rings. The van der Waals surface area contributed by atoms with Gasteiger partial charge in [0.25, 0.3) is 0 Å². The second-order valence-electron chi connectivity index (χ2n) is 5.02. The van der Waals surface area contributed by atoms with Gasteiger partial charge >= 0.3 is 0 Å². The van der Waals surface area contributed by atoms with Gasteiger partial charge in [0.05, 0.1) is 12.6 Å². The molecule has 1 aromatic carbocycles. The van der Waals surface area contributed by atoms with Crippen LogP contribution in [0.1, 0.15) is 28.7 Å². The second kappa shape index (κ2) is 5.26. The first-order chi connectivity index (χ1) is 9.31. The lowest BCUT2D eigenvalue weighted by atomic mass is 10.0. The Hall–Kier alpha value is -2.10. The van der Waals surface area contributed by atoms with Crippen molar-refractivity contribution < 1.29 is 4.79 Å². The molecule has 0 saturated carbocycles. The van der Waals surface area contributed by atoms with Gasteiger partial charge in [0.1, 0.15) is 0 Å². The number of benzene rings is 1. The third kappa shape index (κ3) is 2.84. The number of hydrogen-bond acceptors (Lipinski definition) is 2. The zero-order valence-corrected chi connectivity index (χ0v) is 10.8. The maximum Gasteiger partial charge on any atom is 0.224 e. The molecule has 0 radical (unpaired) electrons. The van der Waals surface area contributed by atoms with Crippen molar-refractivity contribution in [2.45, 2.75) is 32.2 Å². The quantitative estimate of drug-likeness (QED) is 0.874. The van der Waals surface area contributed by atoms with Crippen LogP contribution in [0.2, 0.25) is 0 Å². The first-order valence-corrected chi connectivity index (χ1v) is 6.66. The van der Waals surface area contributed by atoms with Gasteiger partial charge in [-0.1, -0.05) is 18.2 Å². The van der Waals surface area contributed by atoms with E-state index in [1.165, 1.54) is 24.0 Å². The van der Waals surface area contributed by atoms with E-state index in [9.17, 15) is 4.79 Å². The number of rotatable bonds is 4. The van der Waals surface area contributed by atoms with Crippen LogP contribution in [-0.4, -0.2) is 16.1 Å². The monoisotopic (exact) mass is 255 g/mol. The van der Waals surface area contributed by atoms with E-state index in [4.69, 9.17) is 0 Å². The van der Waals surface area contributed by atoms with Crippen LogP contribution in [0.15, 0.2) is 30.6 Å². The van der Waals surface area contributed by atoms with E-state index in [1.54, 1.807) is 12.4 Å². The summed E-state index contributed by atoms with van der Waals surface area (Å²) in [6, 6.07) is 6.42. The van der Waals surface area contributed by atoms with E-state index in [0.29, 0.717) is 13.0 Å². The Labute approximate surface area is 112 Å². The maximum atomic E-state index is 11.9. The van der Waals surface area contributed by atoms with Gasteiger partial charge in [-0.05, 0) is 36.0 Å². The van der Waals surface area contributed by atoms with Gasteiger partial charge in [0.2, 0.25) is 5.91 Å². The van der Waals surface area contributed by atoms with Crippen molar-refractivity contribution in [3.05, 3.63) is 52.8 Å². The third-order valence-corrected chi connectivity index (χ3v) is 3.57. The molecule has 0 aliphatic heterocycles. The number of aryl methyl sites for hydroxylation is 2. The van der Waals surface area contributed by atoms with Gasteiger partial charge in [-0.15, -0.1) is 0 Å². The maximum absolute atomic E-state index is 11.9. The summed E-state index contributed by atoms with van der Waals surface area (Å²) in [5.41, 5.74) is 4.95. The van der Waals surface area contributed by atoms with Crippen LogP contribution in [0, 0.1) is 0 Å². The number of fused-ring (bicyclic) bond motifs is 1. The van der Waals surface area contributed by atoms with Crippen molar-refractivity contribution in [3.8, 4) is 0 Å². The van der Waals surface area contributed by atoms with E-state index in [0.717, 1.165) is 17.5 Å². The van der Waals surface area contributed by atoms with Crippen LogP contribution in [0.5, 0.6) is 0 Å². The Morgan fingerprint density at radius 2 is 2.16 bits per heavy atom. The zero-order chi connectivity index (χ0) is 13.1. The highest BCUT2D eigenvalue weighted by Gasteiger charge is 2.12. The molecule has 3 rings (SSSR count). The normalized spacial score (nSPS) is 13.3. The molecule has 19 heavy (non-hydrogen) atoms. The summed E-state index contributed by atoms with van der Waals surface area (Å²) in [6.07, 6.45) is 7.53. The van der Waals surface area contributed by atoms with Crippen molar-refractivity contribution in [2.24, 2.45) is 0 Å². The van der Waals surface area contributed by atoms with Crippen LogP contribution in [0.25, 0.3) is 0 Å². The zero-order valence-electron chi connectivity index (χ0n) is 10.8. The highest BCUT2D eigenvalue weighted by Crippen LogP contribution is 2.22. The van der Waals surface area contributed by atoms with E-state index in [2.05, 4.69) is 33.7 Å². The standard InChI is InChI=1S/C15H17N3O/c19-15(16-8-12-9-17-18-10-12)7-11-4-5-13-2-1-3-14(13)6-11/h4-6,9-10H,1-3,7-8H2,(H,16,19)(H,17,18). The van der Waals surface area contributed by atoms with E-state index in [-0.39, 0.29) is 5.91 Å². The first kappa shape index (κ1) is 12.0. The minimum absolute atomic E-state index is 0.0548. The van der Waals surface area contributed by atoms with Gasteiger partial charge in [-0.25, -0.2) is 0 Å². The summed E-state index contributed by atoms with van der Waals surface area (Å²) in [5.74, 6) is 0.0548. The third-order valence-electron chi connectivity index (χ3n) is 3.57. The van der Waals surface area contributed by atoms with Crippen molar-refractivity contribution in [3.63, 3.8) is 0 Å². The van der Waals surface area contributed by atoms with Crippen molar-refractivity contribution in [2.75, 3.05) is 0 Å². The molecule has 0 bridgehead atoms. The van der Waals surface area contributed by atoms with E-state index >= 15 is 0 Å². The van der Waals surface area contributed by atoms with E-state index < -0.39 is 0 Å². The molecule has 2 aromatic rings. The highest BCUT2D eigenvalue weighted by atomic mass is 16.1. The SMILES string of the molecule is O=C(Cc1ccc2c(c1)CCC2)NCc1cn[nH]c1. The summed E-state index contributed by atoms with van der Waals surface area (Å²) in [5, 5.41) is 9.48. The average Bonchev–Trinajstić information content (AvgIpc) is 3.07. The number of hydrogen-bond donors (Lipinski definition) is 2. The predicted molar refractivity (Wildman–Crippen MR) is 72.6 cm³/mol. The minimum atomic E-state index is 0.0548. The number of carbonyl (C=O) groups is 1. The fourth-order valence-corrected chi connectivity index (χ4v) is 2.56. The number of nitrogens with zero attached hydrogens (tertiary/aromatic N) is 1. The van der Waals surface area contributed by atoms with Crippen LogP contribution in [-0.2, 0) is 30.6 Å². The number of carbonyl (C=O) groups excluding carboxylic acids is 1. The number of amides is 1. The lowest BCUT2D eigenvalue weighted by molar-refractivity contribution is -0.120. The molecule has 0 unspecified atom stereocenters. The molecule has 1 aliphatic carbocycles. The van der Waals surface area contributed by atoms with Crippen LogP contribution in [0.3, 0.4) is 0 Å². The lowest BCUT2D eigenvalue weighted by Gasteiger charge is -2.06. The Morgan fingerprint density at radius 3 is 3.00 bits per heavy atom. The van der Waals surface area contributed by atoms with E-state index in [1.807, 2.05) is 0 Å². The lowest BCUT2D eigenvalue weighted by Crippen LogP contribution is -2.24. The van der Waals surface area contributed by atoms with Gasteiger partial charge in [-0.3, -0.25) is 9.89 Å². The molecule has 98 valence electrons. The molecular weight excluding hydrogens is 238 g/mol. The molecule has 0 fully saturated rings. The second-order valence-corrected chi connectivity index (χ2v) is 5.02. The molecule has 4 heteroatoms. The van der Waals surface area contributed by atoms with Crippen molar-refractivity contribution >= 4 is 5.91 Å². The predicted octanol–water partition coefficient (Wildman–Crippen LogP) is 1.76. The minimum Gasteiger partial charge on any atom is -0.352 e. The molecule has 2 N–H and O–H groups in total. The summed E-state index contributed by atoms with van der Waals surface area (Å²) in [6.45, 7) is 0.528. The largest absolute Gasteiger partial charge is 0.352 e. The smallest absolute Gasteiger partial charge is 0.224 e. The molecular formula is C15H17N3O. The average molecular weight is 255 g/mol. The fraction of sp³-hybridized carbons (Fsp3) is 0.333.